The van der Waals surface area contributed by atoms with E-state index in [1.54, 1.807) is 5.32 Å². The van der Waals surface area contributed by atoms with E-state index in [1.165, 1.54) is 13.3 Å². The van der Waals surface area contributed by atoms with Crippen molar-refractivity contribution in [2.24, 2.45) is 0 Å². The fraction of sp³-hybridized carbons (Fsp3) is 0.667. The largest absolute Gasteiger partial charge is 0.318 e. The molecule has 1 N–H and O–H groups in total. The Morgan fingerprint density at radius 1 is 2.00 bits per heavy atom. The van der Waals surface area contributed by atoms with Gasteiger partial charge in [-0.1, -0.05) is 0 Å². The quantitative estimate of drug-likeness (QED) is 0.374. The van der Waals surface area contributed by atoms with Crippen LogP contribution in [-0.4, -0.2) is 12.7 Å². The fourth-order valence-corrected chi connectivity index (χ4v) is 0.0812. The Morgan fingerprint density at radius 3 is 2.50 bits per heavy atom. The van der Waals surface area contributed by atoms with Gasteiger partial charge in [0.25, 0.3) is 0 Å². The number of hydrogen-bond acceptors (Lipinski definition) is 1. The Kier molecular flexibility index (Phi) is 2.36. The Balaban J connectivity index is 2.81. The number of amides is 1. The molecule has 0 rings (SSSR count). The Labute approximate surface area is 35.3 Å². The van der Waals surface area contributed by atoms with Crippen LogP contribution in [0.25, 0.3) is 0 Å². The molecule has 0 aromatic rings. The Bertz CT molecular complexity index is 46.1. The van der Waals surface area contributed by atoms with Gasteiger partial charge in [0.2, 0.25) is 0 Å². The van der Waals surface area contributed by atoms with Crippen LogP contribution in [0.1, 0.15) is 6.92 Å². The highest BCUT2D eigenvalue weighted by molar-refractivity contribution is 5.47. The van der Waals surface area contributed by atoms with Crippen LogP contribution in [0.15, 0.2) is 0 Å². The predicted octanol–water partition coefficient (Wildman–Crippen LogP) is -0.0413. The van der Waals surface area contributed by atoms with Crippen LogP contribution in [0, 0.1) is 0 Å². The van der Waals surface area contributed by atoms with Crippen LogP contribution in [0.3, 0.4) is 0 Å². The number of hydrogen-bond donors (Lipinski definition) is 1. The van der Waals surface area contributed by atoms with Gasteiger partial charge in [0.1, 0.15) is 0 Å². The molecule has 2 nitrogen and oxygen atoms in total. The van der Waals surface area contributed by atoms with Gasteiger partial charge < -0.3 is 5.32 Å². The molecule has 0 aromatic heterocycles. The van der Waals surface area contributed by atoms with E-state index in [1.807, 2.05) is 0 Å². The molecule has 0 aliphatic heterocycles. The molecule has 3 heteroatoms. The lowest BCUT2D eigenvalue weighted by atomic mass is 10.7. The molecule has 0 fully saturated rings. The van der Waals surface area contributed by atoms with Gasteiger partial charge in [-0.2, -0.15) is 0 Å². The van der Waals surface area contributed by atoms with E-state index in [9.17, 15) is 4.39 Å². The number of carbonyl (C=O) groups excluding carboxylic acids is 1. The molecule has 0 aliphatic rings. The minimum atomic E-state index is -1.28. The zero-order valence-electron chi connectivity index (χ0n) is 3.36. The Hall–Kier alpha value is -0.600. The van der Waals surface area contributed by atoms with Crippen molar-refractivity contribution in [3.63, 3.8) is 0 Å². The molecule has 6 heavy (non-hydrogen) atoms. The molecule has 35 valence electrons. The second kappa shape index (κ2) is 2.63. The third-order valence-corrected chi connectivity index (χ3v) is 0.258. The molecule has 0 spiro atoms. The SMILES string of the molecule is CC(F)N[C]=O. The van der Waals surface area contributed by atoms with Gasteiger partial charge in [-0.25, -0.2) is 4.39 Å². The third-order valence-electron chi connectivity index (χ3n) is 0.258. The zero-order valence-corrected chi connectivity index (χ0v) is 3.36. The first-order valence-electron chi connectivity index (χ1n) is 1.54. The molecule has 0 saturated carbocycles. The van der Waals surface area contributed by atoms with Gasteiger partial charge in [0.15, 0.2) is 6.30 Å². The van der Waals surface area contributed by atoms with E-state index < -0.39 is 6.30 Å². The minimum absolute atomic E-state index is 1.19. The van der Waals surface area contributed by atoms with Crippen LogP contribution in [0.4, 0.5) is 4.39 Å². The summed E-state index contributed by atoms with van der Waals surface area (Å²) in [7, 11) is 0. The van der Waals surface area contributed by atoms with Crippen molar-refractivity contribution >= 4 is 6.41 Å². The summed E-state index contributed by atoms with van der Waals surface area (Å²) < 4.78 is 11.3. The zero-order chi connectivity index (χ0) is 4.99. The van der Waals surface area contributed by atoms with Crippen LogP contribution < -0.4 is 5.32 Å². The third kappa shape index (κ3) is 3.40. The lowest BCUT2D eigenvalue weighted by Gasteiger charge is -1.90. The molecular formula is C3H5FNO. The van der Waals surface area contributed by atoms with E-state index in [4.69, 9.17) is 4.79 Å². The van der Waals surface area contributed by atoms with Crippen LogP contribution in [0.5, 0.6) is 0 Å². The van der Waals surface area contributed by atoms with E-state index in [0.29, 0.717) is 0 Å². The summed E-state index contributed by atoms with van der Waals surface area (Å²) in [6, 6.07) is 0. The molecule has 0 aromatic carbocycles. The summed E-state index contributed by atoms with van der Waals surface area (Å²) in [5.74, 6) is 0. The van der Waals surface area contributed by atoms with E-state index in [-0.39, 0.29) is 0 Å². The summed E-state index contributed by atoms with van der Waals surface area (Å²) >= 11 is 0. The van der Waals surface area contributed by atoms with Crippen molar-refractivity contribution in [1.82, 2.24) is 5.32 Å². The standard InChI is InChI=1S/C3H5FNO/c1-3(4)5-2-6/h3H,1H3,(H,5,6). The first-order chi connectivity index (χ1) is 2.77. The van der Waals surface area contributed by atoms with Gasteiger partial charge in [-0.05, 0) is 6.92 Å². The number of rotatable bonds is 2. The van der Waals surface area contributed by atoms with E-state index in [0.717, 1.165) is 0 Å². The normalized spacial score (nSPS) is 13.0. The van der Waals surface area contributed by atoms with Gasteiger partial charge in [-0.3, -0.25) is 4.79 Å². The molecule has 1 amide bonds. The lowest BCUT2D eigenvalue weighted by molar-refractivity contribution is 0.333. The molecule has 0 saturated heterocycles. The average molecular weight is 90.1 g/mol. The maximum absolute atomic E-state index is 11.3. The summed E-state index contributed by atoms with van der Waals surface area (Å²) in [4.78, 5) is 9.14. The van der Waals surface area contributed by atoms with Gasteiger partial charge >= 0.3 is 6.41 Å². The minimum Gasteiger partial charge on any atom is -0.318 e. The number of nitrogens with one attached hydrogen (secondary N) is 1. The first kappa shape index (κ1) is 5.40. The molecule has 1 radical (unpaired) electrons. The highest BCUT2D eigenvalue weighted by Crippen LogP contribution is 1.73. The number of alkyl halides is 1. The van der Waals surface area contributed by atoms with Crippen molar-refractivity contribution in [2.45, 2.75) is 13.2 Å². The summed E-state index contributed by atoms with van der Waals surface area (Å²) in [5.41, 5.74) is 0. The summed E-state index contributed by atoms with van der Waals surface area (Å²) in [5, 5.41) is 1.74. The van der Waals surface area contributed by atoms with Gasteiger partial charge in [-0.15, -0.1) is 0 Å². The topological polar surface area (TPSA) is 29.1 Å². The second-order valence-corrected chi connectivity index (χ2v) is 0.862. The summed E-state index contributed by atoms with van der Waals surface area (Å²) in [6.45, 7) is 1.21. The van der Waals surface area contributed by atoms with Crippen molar-refractivity contribution < 1.29 is 9.18 Å². The Morgan fingerprint density at radius 2 is 2.50 bits per heavy atom. The maximum atomic E-state index is 11.3. The van der Waals surface area contributed by atoms with E-state index in [2.05, 4.69) is 0 Å². The van der Waals surface area contributed by atoms with E-state index >= 15 is 0 Å². The maximum Gasteiger partial charge on any atom is 0.311 e. The van der Waals surface area contributed by atoms with Crippen molar-refractivity contribution in [2.75, 3.05) is 0 Å². The second-order valence-electron chi connectivity index (χ2n) is 0.862. The lowest BCUT2D eigenvalue weighted by Crippen LogP contribution is -2.18. The fourth-order valence-electron chi connectivity index (χ4n) is 0.0812. The van der Waals surface area contributed by atoms with Crippen LogP contribution in [0.2, 0.25) is 0 Å². The average Bonchev–Trinajstić information content (AvgIpc) is 1.35. The van der Waals surface area contributed by atoms with Gasteiger partial charge in [0.05, 0.1) is 0 Å². The predicted molar refractivity (Wildman–Crippen MR) is 19.4 cm³/mol. The highest BCUT2D eigenvalue weighted by atomic mass is 19.1. The van der Waals surface area contributed by atoms with Crippen molar-refractivity contribution in [3.8, 4) is 0 Å². The molecule has 1 atom stereocenters. The van der Waals surface area contributed by atoms with Crippen molar-refractivity contribution in [3.05, 3.63) is 0 Å². The summed E-state index contributed by atoms with van der Waals surface area (Å²) in [6.07, 6.45) is -0.0833. The number of halogens is 1. The smallest absolute Gasteiger partial charge is 0.311 e. The molecule has 0 aliphatic carbocycles. The molecule has 1 unspecified atom stereocenters. The monoisotopic (exact) mass is 90.0 g/mol. The molecular weight excluding hydrogens is 85.0 g/mol. The molecule has 0 bridgehead atoms. The van der Waals surface area contributed by atoms with Crippen molar-refractivity contribution in [1.29, 1.82) is 0 Å². The van der Waals surface area contributed by atoms with Crippen LogP contribution in [-0.2, 0) is 4.79 Å². The molecule has 0 heterocycles. The van der Waals surface area contributed by atoms with Crippen LogP contribution >= 0.6 is 0 Å². The highest BCUT2D eigenvalue weighted by Gasteiger charge is 1.87. The first-order valence-corrected chi connectivity index (χ1v) is 1.54. The van der Waals surface area contributed by atoms with Gasteiger partial charge in [0, 0.05) is 0 Å².